The largest absolute Gasteiger partial charge is 0.384 e. The predicted molar refractivity (Wildman–Crippen MR) is 88.2 cm³/mol. The molecule has 0 atom stereocenters. The summed E-state index contributed by atoms with van der Waals surface area (Å²) in [6.45, 7) is 0. The number of nitrogens with one attached hydrogen (secondary N) is 1. The number of hydrogen-bond donors (Lipinski definition) is 2. The van der Waals surface area contributed by atoms with Crippen molar-refractivity contribution in [3.63, 3.8) is 0 Å². The number of nitrogen functional groups attached to an aromatic ring is 1. The van der Waals surface area contributed by atoms with Gasteiger partial charge in [0.05, 0.1) is 15.8 Å². The number of nitrogens with zero attached hydrogens (tertiary/aromatic N) is 1. The third-order valence-electron chi connectivity index (χ3n) is 2.92. The first-order chi connectivity index (χ1) is 10.3. The van der Waals surface area contributed by atoms with Crippen molar-refractivity contribution in [3.8, 4) is 0 Å². The lowest BCUT2D eigenvalue weighted by molar-refractivity contribution is 0.102. The van der Waals surface area contributed by atoms with Crippen molar-refractivity contribution in [1.29, 1.82) is 0 Å². The van der Waals surface area contributed by atoms with E-state index in [1.807, 2.05) is 4.98 Å². The molecule has 0 aliphatic heterocycles. The van der Waals surface area contributed by atoms with E-state index in [-0.39, 0.29) is 17.1 Å². The fourth-order valence-corrected chi connectivity index (χ4v) is 3.29. The van der Waals surface area contributed by atoms with Crippen LogP contribution in [0.5, 0.6) is 0 Å². The maximum Gasteiger partial charge on any atom is 0.329 e. The van der Waals surface area contributed by atoms with Gasteiger partial charge in [0, 0.05) is 11.9 Å². The Morgan fingerprint density at radius 1 is 1.32 bits per heavy atom. The first kappa shape index (κ1) is 16.7. The molecule has 1 aromatic carbocycles. The normalized spacial score (nSPS) is 10.7. The lowest BCUT2D eigenvalue weighted by Gasteiger charge is -2.09. The van der Waals surface area contributed by atoms with E-state index in [1.165, 1.54) is 7.05 Å². The quantitative estimate of drug-likeness (QED) is 0.641. The Balaban J connectivity index is 2.30. The summed E-state index contributed by atoms with van der Waals surface area (Å²) in [6, 6.07) is 4.98. The summed E-state index contributed by atoms with van der Waals surface area (Å²) in [6.07, 6.45) is 0. The van der Waals surface area contributed by atoms with E-state index in [1.54, 1.807) is 18.2 Å². The molecule has 1 heterocycles. The molecule has 3 N–H and O–H groups in total. The predicted octanol–water partition coefficient (Wildman–Crippen LogP) is 1.94. The fourth-order valence-electron chi connectivity index (χ4n) is 1.74. The molecule has 0 saturated heterocycles. The van der Waals surface area contributed by atoms with Crippen LogP contribution in [0.1, 0.15) is 10.4 Å². The maximum atomic E-state index is 12.2. The van der Waals surface area contributed by atoms with Crippen LogP contribution in [0.4, 0.5) is 5.82 Å². The molecule has 0 aliphatic rings. The minimum absolute atomic E-state index is 0.0884. The first-order valence-electron chi connectivity index (χ1n) is 6.01. The van der Waals surface area contributed by atoms with E-state index in [0.717, 1.165) is 16.3 Å². The van der Waals surface area contributed by atoms with Crippen LogP contribution in [0.2, 0.25) is 10.0 Å². The number of anilines is 1. The molecule has 0 bridgehead atoms. The Kier molecular flexibility index (Phi) is 5.00. The van der Waals surface area contributed by atoms with E-state index in [9.17, 15) is 14.4 Å². The smallest absolute Gasteiger partial charge is 0.329 e. The number of Topliss-reactive ketones (excluding diaryl/α,β-unsaturated/α-hetero) is 1. The second-order valence-electron chi connectivity index (χ2n) is 4.34. The zero-order valence-corrected chi connectivity index (χ0v) is 13.7. The van der Waals surface area contributed by atoms with Gasteiger partial charge in [-0.1, -0.05) is 29.3 Å². The molecule has 9 heteroatoms. The zero-order valence-electron chi connectivity index (χ0n) is 11.4. The molecular formula is C13H11Cl2N3O3S. The number of hydrogen-bond acceptors (Lipinski definition) is 5. The Bertz CT molecular complexity index is 840. The van der Waals surface area contributed by atoms with Crippen LogP contribution in [0.25, 0.3) is 0 Å². The maximum absolute atomic E-state index is 12.2. The van der Waals surface area contributed by atoms with E-state index < -0.39 is 17.0 Å². The first-order valence-corrected chi connectivity index (χ1v) is 7.76. The topological polar surface area (TPSA) is 97.9 Å². The number of nitrogens with two attached hydrogens (primary N) is 1. The molecule has 0 fully saturated rings. The van der Waals surface area contributed by atoms with Crippen LogP contribution in [-0.4, -0.2) is 21.1 Å². The Labute approximate surface area is 139 Å². The van der Waals surface area contributed by atoms with Crippen molar-refractivity contribution < 1.29 is 4.79 Å². The van der Waals surface area contributed by atoms with Crippen LogP contribution < -0.4 is 17.0 Å². The van der Waals surface area contributed by atoms with Crippen LogP contribution in [0.15, 0.2) is 32.7 Å². The fraction of sp³-hybridized carbons (Fsp3) is 0.154. The van der Waals surface area contributed by atoms with Gasteiger partial charge in [0.1, 0.15) is 11.4 Å². The highest BCUT2D eigenvalue weighted by atomic mass is 35.5. The lowest BCUT2D eigenvalue weighted by Crippen LogP contribution is -2.35. The van der Waals surface area contributed by atoms with Crippen molar-refractivity contribution in [3.05, 3.63) is 54.6 Å². The summed E-state index contributed by atoms with van der Waals surface area (Å²) in [5.74, 6) is -0.783. The number of ketones is 1. The number of carbonyl (C=O) groups excluding carboxylic acids is 1. The van der Waals surface area contributed by atoms with Gasteiger partial charge in [-0.3, -0.25) is 19.1 Å². The van der Waals surface area contributed by atoms with E-state index in [4.69, 9.17) is 28.9 Å². The van der Waals surface area contributed by atoms with Gasteiger partial charge in [-0.25, -0.2) is 4.79 Å². The number of thioether (sulfide) groups is 1. The average Bonchev–Trinajstić information content (AvgIpc) is 2.44. The number of benzene rings is 1. The van der Waals surface area contributed by atoms with Crippen molar-refractivity contribution in [2.75, 3.05) is 11.5 Å². The molecule has 22 heavy (non-hydrogen) atoms. The minimum Gasteiger partial charge on any atom is -0.384 e. The second kappa shape index (κ2) is 6.60. The van der Waals surface area contributed by atoms with Gasteiger partial charge in [0.2, 0.25) is 0 Å². The molecule has 0 spiro atoms. The number of halogens is 2. The highest BCUT2D eigenvalue weighted by molar-refractivity contribution is 8.00. The van der Waals surface area contributed by atoms with Crippen LogP contribution in [0, 0.1) is 0 Å². The van der Waals surface area contributed by atoms with E-state index in [2.05, 4.69) is 0 Å². The summed E-state index contributed by atoms with van der Waals surface area (Å²) >= 11 is 13.1. The highest BCUT2D eigenvalue weighted by Gasteiger charge is 2.19. The van der Waals surface area contributed by atoms with Crippen molar-refractivity contribution in [2.45, 2.75) is 4.90 Å². The third kappa shape index (κ3) is 3.21. The molecule has 0 unspecified atom stereocenters. The van der Waals surface area contributed by atoms with Gasteiger partial charge in [0.25, 0.3) is 5.56 Å². The minimum atomic E-state index is -0.809. The summed E-state index contributed by atoms with van der Waals surface area (Å²) in [5, 5.41) is 0.820. The number of rotatable bonds is 4. The molecule has 0 saturated carbocycles. The number of aromatic amines is 1. The number of carbonyl (C=O) groups is 1. The molecule has 6 nitrogen and oxygen atoms in total. The van der Waals surface area contributed by atoms with Crippen LogP contribution in [0.3, 0.4) is 0 Å². The Morgan fingerprint density at radius 2 is 1.91 bits per heavy atom. The third-order valence-corrected chi connectivity index (χ3v) is 4.90. The summed E-state index contributed by atoms with van der Waals surface area (Å²) in [7, 11) is 1.36. The lowest BCUT2D eigenvalue weighted by atomic mass is 10.2. The average molecular weight is 360 g/mol. The summed E-state index contributed by atoms with van der Waals surface area (Å²) in [5.41, 5.74) is 3.93. The standard InChI is InChI=1S/C13H11Cl2N3O3S/c1-18-11(16)9(12(20)17-13(18)21)8(19)5-22-10-6(14)3-2-4-7(10)15/h2-4H,5,16H2,1H3,(H,17,20,21). The van der Waals surface area contributed by atoms with Crippen molar-refractivity contribution in [1.82, 2.24) is 9.55 Å². The summed E-state index contributed by atoms with van der Waals surface area (Å²) in [4.78, 5) is 38.0. The summed E-state index contributed by atoms with van der Waals surface area (Å²) < 4.78 is 1.00. The Hall–Kier alpha value is -1.70. The van der Waals surface area contributed by atoms with Gasteiger partial charge in [-0.05, 0) is 12.1 Å². The molecule has 2 rings (SSSR count). The monoisotopic (exact) mass is 359 g/mol. The molecule has 0 aliphatic carbocycles. The molecule has 0 amide bonds. The zero-order chi connectivity index (χ0) is 16.4. The van der Waals surface area contributed by atoms with Gasteiger partial charge >= 0.3 is 5.69 Å². The highest BCUT2D eigenvalue weighted by Crippen LogP contribution is 2.34. The second-order valence-corrected chi connectivity index (χ2v) is 6.14. The molecule has 2 aromatic rings. The van der Waals surface area contributed by atoms with Crippen LogP contribution in [-0.2, 0) is 7.05 Å². The van der Waals surface area contributed by atoms with Gasteiger partial charge in [0.15, 0.2) is 5.78 Å². The molecule has 0 radical (unpaired) electrons. The van der Waals surface area contributed by atoms with Gasteiger partial charge < -0.3 is 5.73 Å². The number of aromatic nitrogens is 2. The molecule has 1 aromatic heterocycles. The molecule has 116 valence electrons. The van der Waals surface area contributed by atoms with Crippen LogP contribution >= 0.6 is 35.0 Å². The Morgan fingerprint density at radius 3 is 2.50 bits per heavy atom. The van der Waals surface area contributed by atoms with Gasteiger partial charge in [-0.15, -0.1) is 11.8 Å². The van der Waals surface area contributed by atoms with E-state index >= 15 is 0 Å². The molecular weight excluding hydrogens is 349 g/mol. The van der Waals surface area contributed by atoms with Crippen molar-refractivity contribution in [2.24, 2.45) is 7.05 Å². The SMILES string of the molecule is Cn1c(N)c(C(=O)CSc2c(Cl)cccc2Cl)c(=O)[nH]c1=O. The van der Waals surface area contributed by atoms with Gasteiger partial charge in [-0.2, -0.15) is 0 Å². The van der Waals surface area contributed by atoms with E-state index in [0.29, 0.717) is 14.9 Å². The van der Waals surface area contributed by atoms with Crippen molar-refractivity contribution >= 4 is 46.6 Å². The number of H-pyrrole nitrogens is 1.